The zero-order valence-electron chi connectivity index (χ0n) is 9.82. The summed E-state index contributed by atoms with van der Waals surface area (Å²) in [5.41, 5.74) is 1.88. The van der Waals surface area contributed by atoms with Gasteiger partial charge in [-0.3, -0.25) is 4.79 Å². The largest absolute Gasteiger partial charge is 0.496 e. The number of benzene rings is 1. The standard InChI is InChI=1S/C13H16N2O2/c1-17-11-4-2-3-10-12(11)9(13(16)15-10)7-14-8-5-6-8/h2-4,8-9,14H,5-7H2,1H3,(H,15,16). The minimum absolute atomic E-state index is 0.0673. The lowest BCUT2D eigenvalue weighted by Gasteiger charge is -2.12. The zero-order valence-corrected chi connectivity index (χ0v) is 9.82. The average Bonchev–Trinajstić information content (AvgIpc) is 3.09. The summed E-state index contributed by atoms with van der Waals surface area (Å²) >= 11 is 0. The number of methoxy groups -OCH3 is 1. The van der Waals surface area contributed by atoms with Crippen molar-refractivity contribution in [3.63, 3.8) is 0 Å². The molecule has 17 heavy (non-hydrogen) atoms. The summed E-state index contributed by atoms with van der Waals surface area (Å²) in [6.07, 6.45) is 2.46. The third-order valence-electron chi connectivity index (χ3n) is 3.40. The van der Waals surface area contributed by atoms with Crippen molar-refractivity contribution in [3.05, 3.63) is 23.8 Å². The van der Waals surface area contributed by atoms with Crippen LogP contribution in [0.15, 0.2) is 18.2 Å². The number of rotatable bonds is 4. The molecule has 0 aromatic heterocycles. The molecule has 0 bridgehead atoms. The van der Waals surface area contributed by atoms with Crippen LogP contribution < -0.4 is 15.4 Å². The summed E-state index contributed by atoms with van der Waals surface area (Å²) in [5, 5.41) is 6.31. The Bertz CT molecular complexity index is 455. The lowest BCUT2D eigenvalue weighted by atomic mass is 9.99. The SMILES string of the molecule is COc1cccc2c1C(CNC1CC1)C(=O)N2. The molecule has 1 aromatic rings. The minimum atomic E-state index is -0.123. The molecule has 2 aliphatic rings. The van der Waals surface area contributed by atoms with Gasteiger partial charge in [0.15, 0.2) is 0 Å². The molecule has 1 fully saturated rings. The van der Waals surface area contributed by atoms with Crippen molar-refractivity contribution < 1.29 is 9.53 Å². The van der Waals surface area contributed by atoms with Gasteiger partial charge in [-0.25, -0.2) is 0 Å². The summed E-state index contributed by atoms with van der Waals surface area (Å²) in [6, 6.07) is 6.34. The molecule has 1 aromatic carbocycles. The highest BCUT2D eigenvalue weighted by Gasteiger charge is 2.34. The average molecular weight is 232 g/mol. The molecule has 0 saturated heterocycles. The van der Waals surface area contributed by atoms with Crippen molar-refractivity contribution in [2.45, 2.75) is 24.8 Å². The van der Waals surface area contributed by atoms with Crippen LogP contribution in [-0.4, -0.2) is 25.6 Å². The lowest BCUT2D eigenvalue weighted by Crippen LogP contribution is -2.27. The minimum Gasteiger partial charge on any atom is -0.496 e. The van der Waals surface area contributed by atoms with Gasteiger partial charge in [-0.05, 0) is 25.0 Å². The first kappa shape index (κ1) is 10.6. The van der Waals surface area contributed by atoms with E-state index in [1.165, 1.54) is 12.8 Å². The van der Waals surface area contributed by atoms with Gasteiger partial charge >= 0.3 is 0 Å². The third-order valence-corrected chi connectivity index (χ3v) is 3.40. The molecule has 1 atom stereocenters. The molecule has 1 aliphatic carbocycles. The number of carbonyl (C=O) groups is 1. The van der Waals surface area contributed by atoms with E-state index in [9.17, 15) is 4.79 Å². The summed E-state index contributed by atoms with van der Waals surface area (Å²) in [5.74, 6) is 0.739. The molecule has 2 N–H and O–H groups in total. The van der Waals surface area contributed by atoms with E-state index in [2.05, 4.69) is 10.6 Å². The molecular formula is C13H16N2O2. The van der Waals surface area contributed by atoms with Gasteiger partial charge in [0, 0.05) is 23.8 Å². The topological polar surface area (TPSA) is 50.4 Å². The number of carbonyl (C=O) groups excluding carboxylic acids is 1. The summed E-state index contributed by atoms with van der Waals surface area (Å²) < 4.78 is 5.34. The van der Waals surface area contributed by atoms with Crippen molar-refractivity contribution in [1.82, 2.24) is 5.32 Å². The molecule has 1 saturated carbocycles. The molecule has 0 radical (unpaired) electrons. The number of ether oxygens (including phenoxy) is 1. The Labute approximate surface area is 100 Å². The van der Waals surface area contributed by atoms with E-state index in [-0.39, 0.29) is 11.8 Å². The van der Waals surface area contributed by atoms with Gasteiger partial charge in [-0.1, -0.05) is 6.07 Å². The van der Waals surface area contributed by atoms with Gasteiger partial charge in [0.2, 0.25) is 5.91 Å². The molecule has 3 rings (SSSR count). The third kappa shape index (κ3) is 1.89. The first-order valence-corrected chi connectivity index (χ1v) is 6.00. The highest BCUT2D eigenvalue weighted by molar-refractivity contribution is 6.04. The van der Waals surface area contributed by atoms with E-state index in [4.69, 9.17) is 4.74 Å². The van der Waals surface area contributed by atoms with Gasteiger partial charge < -0.3 is 15.4 Å². The molecular weight excluding hydrogens is 216 g/mol. The van der Waals surface area contributed by atoms with Crippen molar-refractivity contribution in [3.8, 4) is 5.75 Å². The second-order valence-corrected chi connectivity index (χ2v) is 4.65. The highest BCUT2D eigenvalue weighted by Crippen LogP contribution is 2.39. The highest BCUT2D eigenvalue weighted by atomic mass is 16.5. The number of amides is 1. The Morgan fingerprint density at radius 2 is 2.29 bits per heavy atom. The fraction of sp³-hybridized carbons (Fsp3) is 0.462. The van der Waals surface area contributed by atoms with E-state index in [1.54, 1.807) is 7.11 Å². The normalized spacial score (nSPS) is 22.2. The van der Waals surface area contributed by atoms with Gasteiger partial charge in [-0.15, -0.1) is 0 Å². The van der Waals surface area contributed by atoms with Gasteiger partial charge in [0.1, 0.15) is 5.75 Å². The second-order valence-electron chi connectivity index (χ2n) is 4.65. The Morgan fingerprint density at radius 3 is 3.00 bits per heavy atom. The van der Waals surface area contributed by atoms with Gasteiger partial charge in [0.25, 0.3) is 0 Å². The quantitative estimate of drug-likeness (QED) is 0.826. The Morgan fingerprint density at radius 1 is 1.47 bits per heavy atom. The van der Waals surface area contributed by atoms with Crippen molar-refractivity contribution >= 4 is 11.6 Å². The molecule has 1 heterocycles. The molecule has 1 aliphatic heterocycles. The van der Waals surface area contributed by atoms with Crippen molar-refractivity contribution in [1.29, 1.82) is 0 Å². The van der Waals surface area contributed by atoms with Crippen LogP contribution in [-0.2, 0) is 4.79 Å². The number of hydrogen-bond acceptors (Lipinski definition) is 3. The molecule has 1 amide bonds. The van der Waals surface area contributed by atoms with Crippen molar-refractivity contribution in [2.75, 3.05) is 19.0 Å². The fourth-order valence-corrected chi connectivity index (χ4v) is 2.31. The molecule has 1 unspecified atom stereocenters. The van der Waals surface area contributed by atoms with Gasteiger partial charge in [-0.2, -0.15) is 0 Å². The predicted octanol–water partition coefficient (Wildman–Crippen LogP) is 1.48. The van der Waals surface area contributed by atoms with Crippen LogP contribution in [0.25, 0.3) is 0 Å². The summed E-state index contributed by atoms with van der Waals surface area (Å²) in [7, 11) is 1.64. The monoisotopic (exact) mass is 232 g/mol. The zero-order chi connectivity index (χ0) is 11.8. The van der Waals surface area contributed by atoms with E-state index >= 15 is 0 Å². The fourth-order valence-electron chi connectivity index (χ4n) is 2.31. The molecule has 4 heteroatoms. The smallest absolute Gasteiger partial charge is 0.233 e. The first-order chi connectivity index (χ1) is 8.29. The Balaban J connectivity index is 1.87. The van der Waals surface area contributed by atoms with Crippen LogP contribution in [0.3, 0.4) is 0 Å². The summed E-state index contributed by atoms with van der Waals surface area (Å²) in [6.45, 7) is 0.698. The van der Waals surface area contributed by atoms with Crippen molar-refractivity contribution in [2.24, 2.45) is 0 Å². The van der Waals surface area contributed by atoms with E-state index < -0.39 is 0 Å². The molecule has 4 nitrogen and oxygen atoms in total. The first-order valence-electron chi connectivity index (χ1n) is 6.00. The van der Waals surface area contributed by atoms with Crippen LogP contribution >= 0.6 is 0 Å². The van der Waals surface area contributed by atoms with E-state index in [0.717, 1.165) is 17.0 Å². The maximum absolute atomic E-state index is 11.9. The predicted molar refractivity (Wildman–Crippen MR) is 65.4 cm³/mol. The lowest BCUT2D eigenvalue weighted by molar-refractivity contribution is -0.117. The molecule has 0 spiro atoms. The van der Waals surface area contributed by atoms with Crippen LogP contribution in [0.5, 0.6) is 5.75 Å². The van der Waals surface area contributed by atoms with E-state index in [1.807, 2.05) is 18.2 Å². The number of hydrogen-bond donors (Lipinski definition) is 2. The summed E-state index contributed by atoms with van der Waals surface area (Å²) in [4.78, 5) is 11.9. The maximum atomic E-state index is 11.9. The Hall–Kier alpha value is -1.55. The van der Waals surface area contributed by atoms with Gasteiger partial charge in [0.05, 0.1) is 13.0 Å². The number of nitrogens with one attached hydrogen (secondary N) is 2. The Kier molecular flexibility index (Phi) is 2.52. The van der Waals surface area contributed by atoms with Crippen LogP contribution in [0.1, 0.15) is 24.3 Å². The van der Waals surface area contributed by atoms with E-state index in [0.29, 0.717) is 12.6 Å². The molecule has 90 valence electrons. The maximum Gasteiger partial charge on any atom is 0.233 e. The number of fused-ring (bicyclic) bond motifs is 1. The van der Waals surface area contributed by atoms with Crippen LogP contribution in [0.2, 0.25) is 0 Å². The van der Waals surface area contributed by atoms with Crippen LogP contribution in [0.4, 0.5) is 5.69 Å². The number of anilines is 1. The second kappa shape index (κ2) is 4.04. The van der Waals surface area contributed by atoms with Crippen LogP contribution in [0, 0.1) is 0 Å².